The molecule has 1 fully saturated rings. The third-order valence-corrected chi connectivity index (χ3v) is 7.21. The first-order valence-corrected chi connectivity index (χ1v) is 13.1. The van der Waals surface area contributed by atoms with Gasteiger partial charge in [0, 0.05) is 39.1 Å². The lowest BCUT2D eigenvalue weighted by Gasteiger charge is -2.38. The summed E-state index contributed by atoms with van der Waals surface area (Å²) in [7, 11) is 1.76. The SMILES string of the molecule is Cn1c(-c2ccncc2F)nc2c(N3CCNC[C@@H]3CO)c(NC(=O)c3ccnc(-c4c(F)cccc4F)n3)ccc21. The Hall–Kier alpha value is -4.88. The lowest BCUT2D eigenvalue weighted by molar-refractivity contribution is 0.102. The van der Waals surface area contributed by atoms with Crippen LogP contribution in [0, 0.1) is 17.5 Å². The Morgan fingerprint density at radius 1 is 1.07 bits per heavy atom. The van der Waals surface area contributed by atoms with E-state index in [1.807, 2.05) is 4.90 Å². The molecule has 214 valence electrons. The molecule has 0 saturated carbocycles. The number of amides is 1. The standard InChI is InChI=1S/C29H25F3N8O2/c1-39-23-6-5-21(37-29(42)22-8-10-35-27(36-22)24-18(30)3-2-4-19(24)31)26(40-12-11-34-13-16(40)15-41)25(23)38-28(39)17-7-9-33-14-20(17)32/h2-10,14,16,34,41H,11-13,15H2,1H3,(H,37,42)/t16-/m1/s1. The zero-order chi connectivity index (χ0) is 29.4. The average molecular weight is 575 g/mol. The van der Waals surface area contributed by atoms with E-state index in [-0.39, 0.29) is 29.7 Å². The summed E-state index contributed by atoms with van der Waals surface area (Å²) < 4.78 is 45.2. The summed E-state index contributed by atoms with van der Waals surface area (Å²) in [5, 5.41) is 16.3. The van der Waals surface area contributed by atoms with Crippen LogP contribution in [0.3, 0.4) is 0 Å². The van der Waals surface area contributed by atoms with Crippen molar-refractivity contribution in [2.75, 3.05) is 36.5 Å². The number of aryl methyl sites for hydroxylation is 1. The van der Waals surface area contributed by atoms with E-state index in [1.165, 1.54) is 30.6 Å². The van der Waals surface area contributed by atoms with E-state index >= 15 is 0 Å². The predicted molar refractivity (Wildman–Crippen MR) is 150 cm³/mol. The third-order valence-electron chi connectivity index (χ3n) is 7.21. The maximum atomic E-state index is 14.7. The molecule has 3 aromatic heterocycles. The highest BCUT2D eigenvalue weighted by Crippen LogP contribution is 2.38. The summed E-state index contributed by atoms with van der Waals surface area (Å²) >= 11 is 0. The van der Waals surface area contributed by atoms with Crippen LogP contribution in [0.25, 0.3) is 33.8 Å². The summed E-state index contributed by atoms with van der Waals surface area (Å²) in [6, 6.07) is 9.37. The van der Waals surface area contributed by atoms with Crippen molar-refractivity contribution >= 4 is 28.3 Å². The minimum absolute atomic E-state index is 0.117. The number of pyridine rings is 1. The van der Waals surface area contributed by atoms with Gasteiger partial charge in [-0.1, -0.05) is 6.07 Å². The van der Waals surface area contributed by atoms with Crippen LogP contribution >= 0.6 is 0 Å². The van der Waals surface area contributed by atoms with Crippen molar-refractivity contribution in [3.63, 3.8) is 0 Å². The summed E-state index contributed by atoms with van der Waals surface area (Å²) in [6.45, 7) is 1.43. The van der Waals surface area contributed by atoms with Gasteiger partial charge in [-0.2, -0.15) is 0 Å². The van der Waals surface area contributed by atoms with Crippen LogP contribution in [0.1, 0.15) is 10.5 Å². The Morgan fingerprint density at radius 3 is 2.64 bits per heavy atom. The number of piperazine rings is 1. The molecule has 1 aliphatic heterocycles. The number of halogens is 3. The first-order chi connectivity index (χ1) is 20.4. The van der Waals surface area contributed by atoms with Crippen molar-refractivity contribution in [2.24, 2.45) is 7.05 Å². The van der Waals surface area contributed by atoms with Crippen molar-refractivity contribution in [3.8, 4) is 22.8 Å². The number of aliphatic hydroxyl groups is 1. The third kappa shape index (κ3) is 4.82. The molecule has 0 bridgehead atoms. The number of aliphatic hydroxyl groups excluding tert-OH is 1. The van der Waals surface area contributed by atoms with E-state index in [0.717, 1.165) is 18.3 Å². The van der Waals surface area contributed by atoms with E-state index in [4.69, 9.17) is 4.98 Å². The molecular weight excluding hydrogens is 549 g/mol. The topological polar surface area (TPSA) is 121 Å². The van der Waals surface area contributed by atoms with Crippen LogP contribution in [0.4, 0.5) is 24.5 Å². The van der Waals surface area contributed by atoms with Gasteiger partial charge < -0.3 is 25.2 Å². The number of rotatable bonds is 6. The molecule has 0 aliphatic carbocycles. The minimum atomic E-state index is -0.856. The van der Waals surface area contributed by atoms with Crippen molar-refractivity contribution in [2.45, 2.75) is 6.04 Å². The quantitative estimate of drug-likeness (QED) is 0.282. The first kappa shape index (κ1) is 27.3. The monoisotopic (exact) mass is 574 g/mol. The number of aromatic nitrogens is 5. The molecule has 13 heteroatoms. The molecule has 1 saturated heterocycles. The summed E-state index contributed by atoms with van der Waals surface area (Å²) in [5.41, 5.74) is 1.76. The second kappa shape index (κ2) is 11.2. The summed E-state index contributed by atoms with van der Waals surface area (Å²) in [5.74, 6) is -2.81. The van der Waals surface area contributed by atoms with Crippen molar-refractivity contribution in [3.05, 3.63) is 84.2 Å². The van der Waals surface area contributed by atoms with Crippen LogP contribution in [-0.2, 0) is 7.05 Å². The average Bonchev–Trinajstić information content (AvgIpc) is 3.33. The fourth-order valence-corrected chi connectivity index (χ4v) is 5.16. The van der Waals surface area contributed by atoms with E-state index in [1.54, 1.807) is 23.7 Å². The molecule has 42 heavy (non-hydrogen) atoms. The molecule has 10 nitrogen and oxygen atoms in total. The van der Waals surface area contributed by atoms with Gasteiger partial charge in [-0.15, -0.1) is 0 Å². The molecule has 1 aliphatic rings. The molecule has 3 N–H and O–H groups in total. The molecule has 4 heterocycles. The fraction of sp³-hybridized carbons (Fsp3) is 0.207. The molecule has 1 amide bonds. The van der Waals surface area contributed by atoms with Gasteiger partial charge in [0.15, 0.2) is 11.6 Å². The van der Waals surface area contributed by atoms with Crippen LogP contribution in [-0.4, -0.2) is 67.8 Å². The minimum Gasteiger partial charge on any atom is -0.394 e. The normalized spacial score (nSPS) is 15.3. The van der Waals surface area contributed by atoms with E-state index in [2.05, 4.69) is 25.6 Å². The largest absolute Gasteiger partial charge is 0.394 e. The zero-order valence-electron chi connectivity index (χ0n) is 22.4. The van der Waals surface area contributed by atoms with E-state index < -0.39 is 28.9 Å². The van der Waals surface area contributed by atoms with Gasteiger partial charge in [-0.25, -0.2) is 28.1 Å². The Morgan fingerprint density at radius 2 is 1.88 bits per heavy atom. The van der Waals surface area contributed by atoms with Crippen LogP contribution in [0.2, 0.25) is 0 Å². The van der Waals surface area contributed by atoms with Gasteiger partial charge in [0.2, 0.25) is 0 Å². The van der Waals surface area contributed by atoms with Crippen molar-refractivity contribution < 1.29 is 23.1 Å². The summed E-state index contributed by atoms with van der Waals surface area (Å²) in [6.07, 6.45) is 3.84. The maximum Gasteiger partial charge on any atom is 0.274 e. The van der Waals surface area contributed by atoms with Crippen LogP contribution in [0.5, 0.6) is 0 Å². The number of carbonyl (C=O) groups is 1. The highest BCUT2D eigenvalue weighted by atomic mass is 19.1. The van der Waals surface area contributed by atoms with E-state index in [0.29, 0.717) is 47.9 Å². The molecule has 0 radical (unpaired) electrons. The lowest BCUT2D eigenvalue weighted by atomic mass is 10.1. The molecule has 1 atom stereocenters. The second-order valence-electron chi connectivity index (χ2n) is 9.73. The molecule has 2 aromatic carbocycles. The Bertz CT molecular complexity index is 1790. The highest BCUT2D eigenvalue weighted by Gasteiger charge is 2.29. The molecule has 5 aromatic rings. The molecular formula is C29H25F3N8O2. The lowest BCUT2D eigenvalue weighted by Crippen LogP contribution is -2.53. The number of fused-ring (bicyclic) bond motifs is 1. The van der Waals surface area contributed by atoms with Gasteiger partial charge in [-0.3, -0.25) is 9.78 Å². The predicted octanol–water partition coefficient (Wildman–Crippen LogP) is 3.53. The van der Waals surface area contributed by atoms with Crippen molar-refractivity contribution in [1.29, 1.82) is 0 Å². The molecule has 6 rings (SSSR count). The maximum absolute atomic E-state index is 14.7. The number of carbonyl (C=O) groups excluding carboxylic acids is 1. The molecule has 0 spiro atoms. The van der Waals surface area contributed by atoms with Crippen LogP contribution < -0.4 is 15.5 Å². The Kier molecular flexibility index (Phi) is 7.27. The smallest absolute Gasteiger partial charge is 0.274 e. The van der Waals surface area contributed by atoms with Gasteiger partial charge in [0.25, 0.3) is 5.91 Å². The van der Waals surface area contributed by atoms with Gasteiger partial charge in [0.05, 0.1) is 46.9 Å². The Balaban J connectivity index is 1.45. The van der Waals surface area contributed by atoms with Gasteiger partial charge >= 0.3 is 0 Å². The zero-order valence-corrected chi connectivity index (χ0v) is 22.4. The fourth-order valence-electron chi connectivity index (χ4n) is 5.16. The highest BCUT2D eigenvalue weighted by molar-refractivity contribution is 6.08. The van der Waals surface area contributed by atoms with Gasteiger partial charge in [-0.05, 0) is 36.4 Å². The number of hydrogen-bond donors (Lipinski definition) is 3. The molecule has 0 unspecified atom stereocenters. The van der Waals surface area contributed by atoms with Gasteiger partial charge in [0.1, 0.15) is 28.7 Å². The van der Waals surface area contributed by atoms with Crippen molar-refractivity contribution in [1.82, 2.24) is 29.8 Å². The number of hydrogen-bond acceptors (Lipinski definition) is 8. The van der Waals surface area contributed by atoms with E-state index in [9.17, 15) is 23.1 Å². The number of nitrogens with zero attached hydrogens (tertiary/aromatic N) is 6. The summed E-state index contributed by atoms with van der Waals surface area (Å²) in [4.78, 5) is 32.1. The Labute approximate surface area is 237 Å². The second-order valence-corrected chi connectivity index (χ2v) is 9.73. The number of anilines is 2. The first-order valence-electron chi connectivity index (χ1n) is 13.1. The number of imidazole rings is 1. The van der Waals surface area contributed by atoms with Crippen LogP contribution in [0.15, 0.2) is 61.1 Å². The number of benzene rings is 2. The number of nitrogens with one attached hydrogen (secondary N) is 2.